The summed E-state index contributed by atoms with van der Waals surface area (Å²) in [7, 11) is 1.67. The predicted molar refractivity (Wildman–Crippen MR) is 56.7 cm³/mol. The summed E-state index contributed by atoms with van der Waals surface area (Å²) in [5.41, 5.74) is 1.01. The molecule has 0 aliphatic carbocycles. The van der Waals surface area contributed by atoms with E-state index in [0.29, 0.717) is 5.92 Å². The monoisotopic (exact) mass is 257 g/mol. The fraction of sp³-hybridized carbons (Fsp3) is 0.500. The number of halogens is 1. The Morgan fingerprint density at radius 1 is 1.64 bits per heavy atom. The van der Waals surface area contributed by atoms with Gasteiger partial charge in [0.25, 0.3) is 0 Å². The van der Waals surface area contributed by atoms with Gasteiger partial charge in [-0.2, -0.15) is 0 Å². The van der Waals surface area contributed by atoms with Gasteiger partial charge in [0.2, 0.25) is 0 Å². The number of hydrogen-bond donors (Lipinski definition) is 0. The molecule has 0 spiro atoms. The number of nitrogens with zero attached hydrogens (tertiary/aromatic N) is 1. The second kappa shape index (κ2) is 4.28. The van der Waals surface area contributed by atoms with Crippen LogP contribution in [0.1, 0.15) is 18.0 Å². The van der Waals surface area contributed by atoms with Crippen LogP contribution < -0.4 is 4.74 Å². The Bertz CT molecular complexity index is 324. The topological polar surface area (TPSA) is 31.4 Å². The van der Waals surface area contributed by atoms with Crippen molar-refractivity contribution in [1.82, 2.24) is 4.98 Å². The van der Waals surface area contributed by atoms with E-state index in [-0.39, 0.29) is 0 Å². The fourth-order valence-corrected chi connectivity index (χ4v) is 1.96. The maximum absolute atomic E-state index is 5.33. The summed E-state index contributed by atoms with van der Waals surface area (Å²) in [6.07, 6.45) is 2.83. The van der Waals surface area contributed by atoms with Gasteiger partial charge in [-0.05, 0) is 28.4 Å². The minimum absolute atomic E-state index is 0.387. The highest BCUT2D eigenvalue weighted by atomic mass is 79.9. The molecule has 0 N–H and O–H groups in total. The number of ether oxygens (including phenoxy) is 2. The summed E-state index contributed by atoms with van der Waals surface area (Å²) in [6, 6.07) is 1.95. The van der Waals surface area contributed by atoms with Crippen molar-refractivity contribution in [3.8, 4) is 5.75 Å². The molecule has 0 saturated carbocycles. The highest BCUT2D eigenvalue weighted by Crippen LogP contribution is 2.32. The van der Waals surface area contributed by atoms with Crippen LogP contribution in [0.15, 0.2) is 16.7 Å². The lowest BCUT2D eigenvalue weighted by Gasteiger charge is -2.11. The Labute approximate surface area is 91.6 Å². The van der Waals surface area contributed by atoms with E-state index in [0.717, 1.165) is 35.6 Å². The van der Waals surface area contributed by atoms with E-state index in [1.165, 1.54) is 0 Å². The van der Waals surface area contributed by atoms with Gasteiger partial charge in [-0.25, -0.2) is 0 Å². The molecule has 2 rings (SSSR count). The van der Waals surface area contributed by atoms with E-state index in [1.807, 2.05) is 6.07 Å². The molecule has 0 bridgehead atoms. The maximum atomic E-state index is 5.33. The van der Waals surface area contributed by atoms with Gasteiger partial charge in [0.05, 0.1) is 19.4 Å². The lowest BCUT2D eigenvalue weighted by molar-refractivity contribution is 0.193. The van der Waals surface area contributed by atoms with Gasteiger partial charge in [0.15, 0.2) is 0 Å². The van der Waals surface area contributed by atoms with Crippen molar-refractivity contribution in [3.05, 3.63) is 22.4 Å². The molecule has 14 heavy (non-hydrogen) atoms. The molecule has 1 aromatic rings. The van der Waals surface area contributed by atoms with Gasteiger partial charge < -0.3 is 9.47 Å². The Morgan fingerprint density at radius 3 is 3.14 bits per heavy atom. The van der Waals surface area contributed by atoms with E-state index >= 15 is 0 Å². The summed E-state index contributed by atoms with van der Waals surface area (Å²) in [4.78, 5) is 4.38. The van der Waals surface area contributed by atoms with E-state index in [1.54, 1.807) is 13.3 Å². The molecule has 0 radical (unpaired) electrons. The summed E-state index contributed by atoms with van der Waals surface area (Å²) < 4.78 is 11.6. The van der Waals surface area contributed by atoms with Crippen molar-refractivity contribution in [1.29, 1.82) is 0 Å². The van der Waals surface area contributed by atoms with E-state index < -0.39 is 0 Å². The first kappa shape index (κ1) is 9.93. The maximum Gasteiger partial charge on any atom is 0.141 e. The third-order valence-corrected chi connectivity index (χ3v) is 2.82. The number of methoxy groups -OCH3 is 1. The molecule has 4 heteroatoms. The summed E-state index contributed by atoms with van der Waals surface area (Å²) in [6.45, 7) is 1.58. The normalized spacial score (nSPS) is 21.1. The summed E-state index contributed by atoms with van der Waals surface area (Å²) >= 11 is 3.37. The quantitative estimate of drug-likeness (QED) is 0.816. The molecule has 76 valence electrons. The Morgan fingerprint density at radius 2 is 2.50 bits per heavy atom. The molecule has 1 aliphatic rings. The molecular formula is C10H12BrNO2. The van der Waals surface area contributed by atoms with E-state index in [2.05, 4.69) is 20.9 Å². The summed E-state index contributed by atoms with van der Waals surface area (Å²) in [5.74, 6) is 1.23. The average molecular weight is 258 g/mol. The largest absolute Gasteiger partial charge is 0.495 e. The zero-order valence-corrected chi connectivity index (χ0v) is 9.58. The first-order valence-corrected chi connectivity index (χ1v) is 5.37. The SMILES string of the molecule is COc1cc(Br)cnc1C1CCOC1. The highest BCUT2D eigenvalue weighted by Gasteiger charge is 2.22. The van der Waals surface area contributed by atoms with Crippen LogP contribution in [0.4, 0.5) is 0 Å². The number of rotatable bonds is 2. The van der Waals surface area contributed by atoms with Crippen molar-refractivity contribution < 1.29 is 9.47 Å². The van der Waals surface area contributed by atoms with Crippen LogP contribution in [0, 0.1) is 0 Å². The molecule has 2 heterocycles. The van der Waals surface area contributed by atoms with Gasteiger partial charge in [-0.3, -0.25) is 4.98 Å². The van der Waals surface area contributed by atoms with Crippen LogP contribution in [0.5, 0.6) is 5.75 Å². The third kappa shape index (κ3) is 1.91. The van der Waals surface area contributed by atoms with Crippen LogP contribution in [0.25, 0.3) is 0 Å². The van der Waals surface area contributed by atoms with Gasteiger partial charge in [0, 0.05) is 23.2 Å². The number of pyridine rings is 1. The van der Waals surface area contributed by atoms with Gasteiger partial charge in [-0.1, -0.05) is 0 Å². The minimum Gasteiger partial charge on any atom is -0.495 e. The molecule has 3 nitrogen and oxygen atoms in total. The fourth-order valence-electron chi connectivity index (χ4n) is 1.65. The second-order valence-corrected chi connectivity index (χ2v) is 4.22. The van der Waals surface area contributed by atoms with Crippen molar-refractivity contribution in [2.45, 2.75) is 12.3 Å². The molecule has 1 unspecified atom stereocenters. The summed E-state index contributed by atoms with van der Waals surface area (Å²) in [5, 5.41) is 0. The van der Waals surface area contributed by atoms with E-state index in [4.69, 9.17) is 9.47 Å². The Balaban J connectivity index is 2.31. The van der Waals surface area contributed by atoms with Gasteiger partial charge in [0.1, 0.15) is 5.75 Å². The number of aromatic nitrogens is 1. The second-order valence-electron chi connectivity index (χ2n) is 3.30. The van der Waals surface area contributed by atoms with Crippen molar-refractivity contribution >= 4 is 15.9 Å². The minimum atomic E-state index is 0.387. The molecule has 1 aliphatic heterocycles. The zero-order chi connectivity index (χ0) is 9.97. The Hall–Kier alpha value is -0.610. The van der Waals surface area contributed by atoms with E-state index in [9.17, 15) is 0 Å². The van der Waals surface area contributed by atoms with Crippen molar-refractivity contribution in [2.24, 2.45) is 0 Å². The van der Waals surface area contributed by atoms with Gasteiger partial charge >= 0.3 is 0 Å². The Kier molecular flexibility index (Phi) is 3.03. The van der Waals surface area contributed by atoms with Gasteiger partial charge in [-0.15, -0.1) is 0 Å². The lowest BCUT2D eigenvalue weighted by Crippen LogP contribution is -2.03. The number of hydrogen-bond acceptors (Lipinski definition) is 3. The van der Waals surface area contributed by atoms with Crippen LogP contribution in [-0.4, -0.2) is 25.3 Å². The average Bonchev–Trinajstić information content (AvgIpc) is 2.70. The zero-order valence-electron chi connectivity index (χ0n) is 8.00. The van der Waals surface area contributed by atoms with Crippen LogP contribution in [0.2, 0.25) is 0 Å². The molecule has 0 amide bonds. The molecule has 1 saturated heterocycles. The molecular weight excluding hydrogens is 246 g/mol. The van der Waals surface area contributed by atoms with Crippen LogP contribution >= 0.6 is 15.9 Å². The first-order valence-electron chi connectivity index (χ1n) is 4.58. The van der Waals surface area contributed by atoms with Crippen molar-refractivity contribution in [2.75, 3.05) is 20.3 Å². The van der Waals surface area contributed by atoms with Crippen LogP contribution in [0.3, 0.4) is 0 Å². The van der Waals surface area contributed by atoms with Crippen molar-refractivity contribution in [3.63, 3.8) is 0 Å². The molecule has 1 aromatic heterocycles. The molecule has 1 atom stereocenters. The van der Waals surface area contributed by atoms with Crippen LogP contribution in [-0.2, 0) is 4.74 Å². The smallest absolute Gasteiger partial charge is 0.141 e. The third-order valence-electron chi connectivity index (χ3n) is 2.38. The first-order chi connectivity index (χ1) is 6.81. The molecule has 1 fully saturated rings. The predicted octanol–water partition coefficient (Wildman–Crippen LogP) is 2.36. The lowest BCUT2D eigenvalue weighted by atomic mass is 10.0. The highest BCUT2D eigenvalue weighted by molar-refractivity contribution is 9.10. The molecule has 0 aromatic carbocycles. The standard InChI is InChI=1S/C10H12BrNO2/c1-13-9-4-8(11)5-12-10(9)7-2-3-14-6-7/h4-5,7H,2-3,6H2,1H3.